The molecule has 0 heterocycles. The molecule has 1 rings (SSSR count). The van der Waals surface area contributed by atoms with E-state index in [0.717, 1.165) is 7.11 Å². The van der Waals surface area contributed by atoms with Crippen LogP contribution in [0.3, 0.4) is 0 Å². The Kier molecular flexibility index (Phi) is 5.51. The van der Waals surface area contributed by atoms with Gasteiger partial charge in [0.05, 0.1) is 18.2 Å². The minimum Gasteiger partial charge on any atom is -0.467 e. The van der Waals surface area contributed by atoms with Crippen molar-refractivity contribution in [2.75, 3.05) is 7.11 Å². The number of methoxy groups -OCH3 is 1. The zero-order valence-corrected chi connectivity index (χ0v) is 12.1. The maximum absolute atomic E-state index is 13.6. The van der Waals surface area contributed by atoms with E-state index < -0.39 is 41.0 Å². The first-order chi connectivity index (χ1) is 10.1. The van der Waals surface area contributed by atoms with Gasteiger partial charge in [0.2, 0.25) is 0 Å². The molecule has 0 bridgehead atoms. The summed E-state index contributed by atoms with van der Waals surface area (Å²) in [4.78, 5) is 23.5. The van der Waals surface area contributed by atoms with Crippen LogP contribution in [0.5, 0.6) is 0 Å². The standard InChI is InChI=1S/C14H15F4NO3/c1-7(2)11(13(21)22-3)19-12(20)9-6-8(14(16,17)18)4-5-10(9)15/h4-7,11H,1-3H3,(H,19,20). The lowest BCUT2D eigenvalue weighted by atomic mass is 10.0. The lowest BCUT2D eigenvalue weighted by Crippen LogP contribution is -2.45. The van der Waals surface area contributed by atoms with E-state index in [4.69, 9.17) is 0 Å². The Morgan fingerprint density at radius 2 is 1.82 bits per heavy atom. The maximum Gasteiger partial charge on any atom is 0.416 e. The molecule has 8 heteroatoms. The van der Waals surface area contributed by atoms with Crippen molar-refractivity contribution in [3.63, 3.8) is 0 Å². The predicted octanol–water partition coefficient (Wildman–Crippen LogP) is 2.77. The van der Waals surface area contributed by atoms with Crippen LogP contribution in [-0.4, -0.2) is 25.0 Å². The Bertz CT molecular complexity index is 570. The number of esters is 1. The second-order valence-electron chi connectivity index (χ2n) is 4.91. The van der Waals surface area contributed by atoms with E-state index >= 15 is 0 Å². The molecular weight excluding hydrogens is 306 g/mol. The number of alkyl halides is 3. The number of ether oxygens (including phenoxy) is 1. The Labute approximate surface area is 124 Å². The third-order valence-electron chi connectivity index (χ3n) is 2.95. The molecule has 0 aliphatic carbocycles. The minimum atomic E-state index is -4.71. The number of carbonyl (C=O) groups is 2. The number of halogens is 4. The largest absolute Gasteiger partial charge is 0.467 e. The van der Waals surface area contributed by atoms with E-state index in [2.05, 4.69) is 10.1 Å². The van der Waals surface area contributed by atoms with Gasteiger partial charge in [-0.2, -0.15) is 13.2 Å². The van der Waals surface area contributed by atoms with Crippen molar-refractivity contribution in [2.24, 2.45) is 5.92 Å². The topological polar surface area (TPSA) is 55.4 Å². The summed E-state index contributed by atoms with van der Waals surface area (Å²) < 4.78 is 55.9. The highest BCUT2D eigenvalue weighted by atomic mass is 19.4. The van der Waals surface area contributed by atoms with E-state index in [1.54, 1.807) is 13.8 Å². The van der Waals surface area contributed by atoms with Crippen LogP contribution in [0.4, 0.5) is 17.6 Å². The molecule has 0 aliphatic heterocycles. The number of amides is 1. The normalized spacial score (nSPS) is 12.9. The highest BCUT2D eigenvalue weighted by Gasteiger charge is 2.33. The summed E-state index contributed by atoms with van der Waals surface area (Å²) in [6, 6.07) is 0.401. The average molecular weight is 321 g/mol. The Morgan fingerprint density at radius 3 is 2.27 bits per heavy atom. The van der Waals surface area contributed by atoms with Crippen molar-refractivity contribution in [3.05, 3.63) is 35.1 Å². The van der Waals surface area contributed by atoms with Gasteiger partial charge in [-0.3, -0.25) is 4.79 Å². The third kappa shape index (κ3) is 4.19. The van der Waals surface area contributed by atoms with Crippen LogP contribution in [0.1, 0.15) is 29.8 Å². The van der Waals surface area contributed by atoms with Crippen molar-refractivity contribution in [1.82, 2.24) is 5.32 Å². The third-order valence-corrected chi connectivity index (χ3v) is 2.95. The summed E-state index contributed by atoms with van der Waals surface area (Å²) in [6.07, 6.45) is -4.71. The first-order valence-electron chi connectivity index (χ1n) is 6.33. The second kappa shape index (κ2) is 6.76. The average Bonchev–Trinajstić information content (AvgIpc) is 2.42. The molecule has 4 nitrogen and oxygen atoms in total. The zero-order chi connectivity index (χ0) is 17.1. The van der Waals surface area contributed by atoms with Crippen LogP contribution >= 0.6 is 0 Å². The lowest BCUT2D eigenvalue weighted by molar-refractivity contribution is -0.144. The highest BCUT2D eigenvalue weighted by Crippen LogP contribution is 2.30. The van der Waals surface area contributed by atoms with Gasteiger partial charge in [0, 0.05) is 0 Å². The van der Waals surface area contributed by atoms with Crippen LogP contribution in [0.2, 0.25) is 0 Å². The second-order valence-corrected chi connectivity index (χ2v) is 4.91. The number of carbonyl (C=O) groups excluding carboxylic acids is 2. The van der Waals surface area contributed by atoms with Gasteiger partial charge in [-0.25, -0.2) is 9.18 Å². The summed E-state index contributed by atoms with van der Waals surface area (Å²) in [7, 11) is 1.11. The van der Waals surface area contributed by atoms with E-state index in [1.807, 2.05) is 0 Å². The van der Waals surface area contributed by atoms with E-state index in [-0.39, 0.29) is 5.92 Å². The summed E-state index contributed by atoms with van der Waals surface area (Å²) in [5.41, 5.74) is -1.94. The summed E-state index contributed by atoms with van der Waals surface area (Å²) in [6.45, 7) is 3.20. The van der Waals surface area contributed by atoms with Crippen LogP contribution < -0.4 is 5.32 Å². The van der Waals surface area contributed by atoms with E-state index in [9.17, 15) is 27.2 Å². The maximum atomic E-state index is 13.6. The van der Waals surface area contributed by atoms with Crippen LogP contribution in [0.15, 0.2) is 18.2 Å². The van der Waals surface area contributed by atoms with Crippen molar-refractivity contribution in [2.45, 2.75) is 26.1 Å². The SMILES string of the molecule is COC(=O)C(NC(=O)c1cc(C(F)(F)F)ccc1F)C(C)C. The number of nitrogens with one attached hydrogen (secondary N) is 1. The minimum absolute atomic E-state index is 0.384. The molecule has 1 aromatic carbocycles. The molecule has 0 radical (unpaired) electrons. The number of hydrogen-bond donors (Lipinski definition) is 1. The molecule has 1 atom stereocenters. The van der Waals surface area contributed by atoms with Crippen molar-refractivity contribution >= 4 is 11.9 Å². The molecule has 0 fully saturated rings. The van der Waals surface area contributed by atoms with Crippen molar-refractivity contribution < 1.29 is 31.9 Å². The first kappa shape index (κ1) is 17.9. The molecule has 0 spiro atoms. The van der Waals surface area contributed by atoms with Gasteiger partial charge in [-0.05, 0) is 24.1 Å². The monoisotopic (exact) mass is 321 g/mol. The van der Waals surface area contributed by atoms with Crippen LogP contribution in [0.25, 0.3) is 0 Å². The summed E-state index contributed by atoms with van der Waals surface area (Å²) in [5, 5.41) is 2.18. The predicted molar refractivity (Wildman–Crippen MR) is 69.5 cm³/mol. The van der Waals surface area contributed by atoms with Crippen LogP contribution in [-0.2, 0) is 15.7 Å². The van der Waals surface area contributed by atoms with Gasteiger partial charge in [-0.15, -0.1) is 0 Å². The molecule has 1 amide bonds. The first-order valence-corrected chi connectivity index (χ1v) is 6.33. The lowest BCUT2D eigenvalue weighted by Gasteiger charge is -2.20. The van der Waals surface area contributed by atoms with Gasteiger partial charge < -0.3 is 10.1 Å². The molecule has 122 valence electrons. The Balaban J connectivity index is 3.09. The molecule has 0 saturated carbocycles. The fourth-order valence-electron chi connectivity index (χ4n) is 1.72. The molecule has 1 N–H and O–H groups in total. The number of hydrogen-bond acceptors (Lipinski definition) is 3. The van der Waals surface area contributed by atoms with Crippen molar-refractivity contribution in [3.8, 4) is 0 Å². The van der Waals surface area contributed by atoms with Gasteiger partial charge >= 0.3 is 12.1 Å². The fraction of sp³-hybridized carbons (Fsp3) is 0.429. The van der Waals surface area contributed by atoms with Crippen LogP contribution in [0, 0.1) is 11.7 Å². The van der Waals surface area contributed by atoms with Gasteiger partial charge in [0.25, 0.3) is 5.91 Å². The molecule has 0 aliphatic rings. The zero-order valence-electron chi connectivity index (χ0n) is 12.1. The number of rotatable bonds is 4. The fourth-order valence-corrected chi connectivity index (χ4v) is 1.72. The molecule has 0 aromatic heterocycles. The quantitative estimate of drug-likeness (QED) is 0.685. The molecule has 0 saturated heterocycles. The molecular formula is C14H15F4NO3. The molecule has 22 heavy (non-hydrogen) atoms. The van der Waals surface area contributed by atoms with E-state index in [1.165, 1.54) is 0 Å². The smallest absolute Gasteiger partial charge is 0.416 e. The summed E-state index contributed by atoms with van der Waals surface area (Å²) in [5.74, 6) is -3.38. The highest BCUT2D eigenvalue weighted by molar-refractivity contribution is 5.97. The Morgan fingerprint density at radius 1 is 1.23 bits per heavy atom. The number of benzene rings is 1. The van der Waals surface area contributed by atoms with E-state index in [0.29, 0.717) is 18.2 Å². The van der Waals surface area contributed by atoms with Gasteiger partial charge in [0.15, 0.2) is 0 Å². The molecule has 1 aromatic rings. The van der Waals surface area contributed by atoms with Gasteiger partial charge in [0.1, 0.15) is 11.9 Å². The Hall–Kier alpha value is -2.12. The molecule has 1 unspecified atom stereocenters. The summed E-state index contributed by atoms with van der Waals surface area (Å²) >= 11 is 0. The van der Waals surface area contributed by atoms with Gasteiger partial charge in [-0.1, -0.05) is 13.8 Å². The van der Waals surface area contributed by atoms with Crippen molar-refractivity contribution in [1.29, 1.82) is 0 Å².